The topological polar surface area (TPSA) is 107 Å². The molecule has 3 fully saturated rings. The summed E-state index contributed by atoms with van der Waals surface area (Å²) in [5.41, 5.74) is -0.420. The lowest BCUT2D eigenvalue weighted by atomic mass is 9.72. The van der Waals surface area contributed by atoms with Crippen molar-refractivity contribution in [3.63, 3.8) is 0 Å². The highest BCUT2D eigenvalue weighted by Gasteiger charge is 2.64. The van der Waals surface area contributed by atoms with Gasteiger partial charge < -0.3 is 28.4 Å². The second-order valence-corrected chi connectivity index (χ2v) is 11.2. The second kappa shape index (κ2) is 8.01. The Balaban J connectivity index is 1.55. The van der Waals surface area contributed by atoms with Gasteiger partial charge in [-0.15, -0.1) is 0 Å². The summed E-state index contributed by atoms with van der Waals surface area (Å²) in [4.78, 5) is 37.2. The van der Waals surface area contributed by atoms with Crippen LogP contribution in [0.5, 0.6) is 0 Å². The number of carbonyl (C=O) groups excluding carboxylic acids is 3. The zero-order chi connectivity index (χ0) is 23.4. The largest absolute Gasteiger partial charge is 0.454 e. The third kappa shape index (κ3) is 5.38. The molecular formula is C22H34O9. The zero-order valence-corrected chi connectivity index (χ0v) is 19.6. The van der Waals surface area contributed by atoms with Crippen molar-refractivity contribution in [1.29, 1.82) is 0 Å². The van der Waals surface area contributed by atoms with Crippen LogP contribution in [0.25, 0.3) is 0 Å². The quantitative estimate of drug-likeness (QED) is 0.468. The van der Waals surface area contributed by atoms with Gasteiger partial charge in [0.15, 0.2) is 30.9 Å². The van der Waals surface area contributed by atoms with Crippen LogP contribution in [0.1, 0.15) is 61.8 Å². The summed E-state index contributed by atoms with van der Waals surface area (Å²) in [6, 6.07) is 0. The number of esters is 3. The van der Waals surface area contributed by atoms with E-state index in [0.717, 1.165) is 0 Å². The van der Waals surface area contributed by atoms with Crippen LogP contribution < -0.4 is 0 Å². The Morgan fingerprint density at radius 2 is 1.68 bits per heavy atom. The maximum atomic E-state index is 12.7. The zero-order valence-electron chi connectivity index (χ0n) is 19.6. The fraction of sp³-hybridized carbons (Fsp3) is 0.864. The lowest BCUT2D eigenvalue weighted by Gasteiger charge is -2.33. The van der Waals surface area contributed by atoms with Gasteiger partial charge in [-0.2, -0.15) is 0 Å². The van der Waals surface area contributed by atoms with Crippen LogP contribution in [0.15, 0.2) is 0 Å². The monoisotopic (exact) mass is 442 g/mol. The molecule has 6 unspecified atom stereocenters. The van der Waals surface area contributed by atoms with E-state index >= 15 is 0 Å². The first-order chi connectivity index (χ1) is 14.1. The molecule has 0 aliphatic carbocycles. The summed E-state index contributed by atoms with van der Waals surface area (Å²) in [5.74, 6) is -3.28. The predicted octanol–water partition coefficient (Wildman–Crippen LogP) is 2.34. The lowest BCUT2D eigenvalue weighted by Crippen LogP contribution is -2.39. The Hall–Kier alpha value is -1.71. The number of carbonyl (C=O) groups is 3. The van der Waals surface area contributed by atoms with E-state index in [0.29, 0.717) is 6.42 Å². The molecule has 176 valence electrons. The molecule has 0 N–H and O–H groups in total. The van der Waals surface area contributed by atoms with Gasteiger partial charge in [0.2, 0.25) is 6.10 Å². The summed E-state index contributed by atoms with van der Waals surface area (Å²) in [7, 11) is 0. The average molecular weight is 443 g/mol. The van der Waals surface area contributed by atoms with Gasteiger partial charge in [0.25, 0.3) is 0 Å². The molecule has 3 saturated heterocycles. The van der Waals surface area contributed by atoms with Gasteiger partial charge in [-0.3, -0.25) is 4.79 Å². The van der Waals surface area contributed by atoms with Gasteiger partial charge in [-0.25, -0.2) is 9.59 Å². The average Bonchev–Trinajstić information content (AvgIpc) is 3.16. The Morgan fingerprint density at radius 1 is 1.03 bits per heavy atom. The Morgan fingerprint density at radius 3 is 2.26 bits per heavy atom. The summed E-state index contributed by atoms with van der Waals surface area (Å²) >= 11 is 0. The standard InChI is InChI=1S/C22H34O9/c1-20(2,3)9-11(21(4,5)6)17(24)26-10-12(23)27-15-13-14(28-18(15)25)16-19(29-13)31-22(7,8)30-16/h11,13-16,19H,9-10H2,1-8H3. The molecule has 6 atom stereocenters. The number of rotatable bonds is 5. The number of hydrogen-bond acceptors (Lipinski definition) is 9. The van der Waals surface area contributed by atoms with Crippen molar-refractivity contribution in [1.82, 2.24) is 0 Å². The van der Waals surface area contributed by atoms with E-state index in [1.807, 2.05) is 41.5 Å². The first kappa shape index (κ1) is 23.9. The molecule has 3 aliphatic heterocycles. The van der Waals surface area contributed by atoms with E-state index in [1.165, 1.54) is 0 Å². The van der Waals surface area contributed by atoms with Crippen LogP contribution in [0.2, 0.25) is 0 Å². The van der Waals surface area contributed by atoms with Crippen LogP contribution in [0, 0.1) is 16.7 Å². The van der Waals surface area contributed by atoms with Gasteiger partial charge in [0.1, 0.15) is 6.10 Å². The number of ether oxygens (including phenoxy) is 6. The molecule has 3 heterocycles. The van der Waals surface area contributed by atoms with E-state index in [2.05, 4.69) is 0 Å². The van der Waals surface area contributed by atoms with Crippen molar-refractivity contribution in [2.75, 3.05) is 6.61 Å². The van der Waals surface area contributed by atoms with E-state index in [4.69, 9.17) is 28.4 Å². The van der Waals surface area contributed by atoms with Crippen LogP contribution in [-0.2, 0) is 42.8 Å². The highest BCUT2D eigenvalue weighted by Crippen LogP contribution is 2.43. The van der Waals surface area contributed by atoms with Crippen molar-refractivity contribution in [2.24, 2.45) is 16.7 Å². The van der Waals surface area contributed by atoms with Gasteiger partial charge in [0, 0.05) is 0 Å². The minimum Gasteiger partial charge on any atom is -0.454 e. The first-order valence-electron chi connectivity index (χ1n) is 10.7. The van der Waals surface area contributed by atoms with Crippen molar-refractivity contribution >= 4 is 17.9 Å². The normalized spacial score (nSPS) is 32.8. The molecule has 0 aromatic carbocycles. The molecule has 0 bridgehead atoms. The highest BCUT2D eigenvalue weighted by molar-refractivity contribution is 5.83. The summed E-state index contributed by atoms with van der Waals surface area (Å²) < 4.78 is 32.9. The third-order valence-electron chi connectivity index (χ3n) is 5.55. The molecule has 0 aromatic rings. The maximum absolute atomic E-state index is 12.7. The molecule has 0 aromatic heterocycles. The fourth-order valence-corrected chi connectivity index (χ4v) is 4.09. The van der Waals surface area contributed by atoms with Crippen LogP contribution >= 0.6 is 0 Å². The molecule has 0 radical (unpaired) electrons. The molecule has 0 saturated carbocycles. The Kier molecular flexibility index (Phi) is 6.19. The molecular weight excluding hydrogens is 408 g/mol. The molecule has 31 heavy (non-hydrogen) atoms. The number of hydrogen-bond donors (Lipinski definition) is 0. The minimum atomic E-state index is -1.26. The van der Waals surface area contributed by atoms with Crippen LogP contribution in [0.4, 0.5) is 0 Å². The molecule has 9 heteroatoms. The summed E-state index contributed by atoms with van der Waals surface area (Å²) in [6.45, 7) is 14.9. The van der Waals surface area contributed by atoms with Gasteiger partial charge in [-0.1, -0.05) is 41.5 Å². The third-order valence-corrected chi connectivity index (χ3v) is 5.55. The summed E-state index contributed by atoms with van der Waals surface area (Å²) in [6.07, 6.45) is -3.50. The molecule has 0 amide bonds. The van der Waals surface area contributed by atoms with Crippen LogP contribution in [0.3, 0.4) is 0 Å². The van der Waals surface area contributed by atoms with Gasteiger partial charge in [-0.05, 0) is 31.1 Å². The Bertz CT molecular complexity index is 730. The SMILES string of the molecule is CC(C)(C)CC(C(=O)OCC(=O)OC1C(=O)OC2C3OC(C)(C)OC3OC12)C(C)(C)C. The van der Waals surface area contributed by atoms with Crippen molar-refractivity contribution in [3.8, 4) is 0 Å². The second-order valence-electron chi connectivity index (χ2n) is 11.2. The number of fused-ring (bicyclic) bond motifs is 3. The highest BCUT2D eigenvalue weighted by atomic mass is 16.9. The van der Waals surface area contributed by atoms with E-state index in [-0.39, 0.29) is 10.8 Å². The van der Waals surface area contributed by atoms with Crippen molar-refractivity contribution in [2.45, 2.75) is 98.3 Å². The van der Waals surface area contributed by atoms with E-state index in [9.17, 15) is 14.4 Å². The van der Waals surface area contributed by atoms with Gasteiger partial charge in [0.05, 0.1) is 5.92 Å². The summed E-state index contributed by atoms with van der Waals surface area (Å²) in [5, 5.41) is 0. The minimum absolute atomic E-state index is 0.0866. The molecule has 3 aliphatic rings. The smallest absolute Gasteiger partial charge is 0.350 e. The molecule has 0 spiro atoms. The molecule has 3 rings (SSSR count). The van der Waals surface area contributed by atoms with Gasteiger partial charge >= 0.3 is 17.9 Å². The van der Waals surface area contributed by atoms with E-state index < -0.39 is 66.9 Å². The van der Waals surface area contributed by atoms with Crippen molar-refractivity contribution in [3.05, 3.63) is 0 Å². The fourth-order valence-electron chi connectivity index (χ4n) is 4.09. The van der Waals surface area contributed by atoms with Crippen LogP contribution in [-0.4, -0.2) is 61.0 Å². The first-order valence-corrected chi connectivity index (χ1v) is 10.7. The predicted molar refractivity (Wildman–Crippen MR) is 106 cm³/mol. The lowest BCUT2D eigenvalue weighted by molar-refractivity contribution is -0.217. The molecule has 9 nitrogen and oxygen atoms in total. The van der Waals surface area contributed by atoms with E-state index in [1.54, 1.807) is 13.8 Å². The maximum Gasteiger partial charge on any atom is 0.350 e. The van der Waals surface area contributed by atoms with Crippen molar-refractivity contribution < 1.29 is 42.8 Å². The Labute approximate surface area is 183 Å².